The quantitative estimate of drug-likeness (QED) is 0.328. The van der Waals surface area contributed by atoms with Crippen LogP contribution in [0.4, 0.5) is 0 Å². The van der Waals surface area contributed by atoms with E-state index in [0.29, 0.717) is 0 Å². The van der Waals surface area contributed by atoms with Gasteiger partial charge in [0.2, 0.25) is 0 Å². The highest BCUT2D eigenvalue weighted by Gasteiger charge is 2.08. The fourth-order valence-corrected chi connectivity index (χ4v) is 3.13. The first-order valence-electron chi connectivity index (χ1n) is 9.05. The molecule has 0 aliphatic carbocycles. The second-order valence-electron chi connectivity index (χ2n) is 5.71. The Labute approximate surface area is 169 Å². The Kier molecular flexibility index (Phi) is 6.50. The first kappa shape index (κ1) is 19.0. The molecule has 0 aliphatic rings. The summed E-state index contributed by atoms with van der Waals surface area (Å²) in [4.78, 5) is 9.24. The van der Waals surface area contributed by atoms with Gasteiger partial charge in [0.25, 0.3) is 0 Å². The van der Waals surface area contributed by atoms with Crippen molar-refractivity contribution in [1.82, 2.24) is 9.97 Å². The fraction of sp³-hybridized carbons (Fsp3) is 0.0833. The monoisotopic (exact) mass is 416 g/mol. The minimum Gasteiger partial charge on any atom is -0.228 e. The van der Waals surface area contributed by atoms with Gasteiger partial charge in [0.1, 0.15) is 4.60 Å². The van der Waals surface area contributed by atoms with Crippen molar-refractivity contribution in [2.45, 2.75) is 13.8 Å². The van der Waals surface area contributed by atoms with Crippen LogP contribution in [0.3, 0.4) is 0 Å². The van der Waals surface area contributed by atoms with Crippen LogP contribution in [0.5, 0.6) is 0 Å². The van der Waals surface area contributed by atoms with Crippen molar-refractivity contribution in [3.05, 3.63) is 95.6 Å². The topological polar surface area (TPSA) is 25.8 Å². The Hall–Kier alpha value is -2.78. The van der Waals surface area contributed by atoms with Crippen LogP contribution in [0.2, 0.25) is 0 Å². The fourth-order valence-electron chi connectivity index (χ4n) is 2.75. The molecule has 0 unspecified atom stereocenters. The lowest BCUT2D eigenvalue weighted by Gasteiger charge is -2.07. The van der Waals surface area contributed by atoms with Crippen molar-refractivity contribution in [1.29, 1.82) is 0 Å². The highest BCUT2D eigenvalue weighted by molar-refractivity contribution is 9.10. The molecule has 27 heavy (non-hydrogen) atoms. The van der Waals surface area contributed by atoms with Crippen LogP contribution in [0.15, 0.2) is 95.6 Å². The van der Waals surface area contributed by atoms with Gasteiger partial charge in [-0.1, -0.05) is 98.8 Å². The minimum absolute atomic E-state index is 0.720. The predicted octanol–water partition coefficient (Wildman–Crippen LogP) is 7.27. The molecule has 4 rings (SSSR count). The van der Waals surface area contributed by atoms with Crippen LogP contribution in [0.1, 0.15) is 13.8 Å². The smallest absolute Gasteiger partial charge is 0.161 e. The van der Waals surface area contributed by atoms with Crippen LogP contribution >= 0.6 is 15.9 Å². The maximum atomic E-state index is 4.74. The highest BCUT2D eigenvalue weighted by atomic mass is 79.9. The van der Waals surface area contributed by atoms with E-state index >= 15 is 0 Å². The van der Waals surface area contributed by atoms with Crippen LogP contribution in [-0.2, 0) is 0 Å². The van der Waals surface area contributed by atoms with Crippen molar-refractivity contribution in [3.63, 3.8) is 0 Å². The molecule has 0 atom stereocenters. The van der Waals surface area contributed by atoms with E-state index in [-0.39, 0.29) is 0 Å². The lowest BCUT2D eigenvalue weighted by molar-refractivity contribution is 1.15. The normalized spacial score (nSPS) is 10.0. The standard InChI is InChI=1S/C22H15BrN2.C2H6/c23-21-15-20(24-22(25-21)19-9-5-2-6-10-19)18-13-11-17(12-14-18)16-7-3-1-4-8-16;1-2/h1-15H;1-2H3. The number of halogens is 1. The predicted molar refractivity (Wildman–Crippen MR) is 117 cm³/mol. The van der Waals surface area contributed by atoms with Crippen molar-refractivity contribution >= 4 is 15.9 Å². The first-order chi connectivity index (χ1) is 13.3. The molecule has 1 aromatic heterocycles. The van der Waals surface area contributed by atoms with Gasteiger partial charge in [-0.15, -0.1) is 0 Å². The van der Waals surface area contributed by atoms with Crippen LogP contribution in [-0.4, -0.2) is 9.97 Å². The highest BCUT2D eigenvalue weighted by Crippen LogP contribution is 2.27. The lowest BCUT2D eigenvalue weighted by Crippen LogP contribution is -1.93. The number of hydrogen-bond acceptors (Lipinski definition) is 2. The zero-order valence-corrected chi connectivity index (χ0v) is 17.0. The first-order valence-corrected chi connectivity index (χ1v) is 9.85. The van der Waals surface area contributed by atoms with Gasteiger partial charge in [0, 0.05) is 11.1 Å². The molecule has 3 aromatic carbocycles. The van der Waals surface area contributed by atoms with E-state index in [1.165, 1.54) is 11.1 Å². The largest absolute Gasteiger partial charge is 0.228 e. The molecule has 0 saturated carbocycles. The van der Waals surface area contributed by atoms with Gasteiger partial charge in [0.05, 0.1) is 5.69 Å². The van der Waals surface area contributed by atoms with Crippen molar-refractivity contribution < 1.29 is 0 Å². The zero-order valence-electron chi connectivity index (χ0n) is 15.4. The molecule has 2 nitrogen and oxygen atoms in total. The molecule has 0 radical (unpaired) electrons. The number of benzene rings is 3. The van der Waals surface area contributed by atoms with Crippen molar-refractivity contribution in [2.75, 3.05) is 0 Å². The molecule has 0 aliphatic heterocycles. The number of rotatable bonds is 3. The average molecular weight is 417 g/mol. The van der Waals surface area contributed by atoms with Crippen molar-refractivity contribution in [3.8, 4) is 33.8 Å². The molecule has 0 saturated heterocycles. The number of nitrogens with zero attached hydrogens (tertiary/aromatic N) is 2. The third-order valence-corrected chi connectivity index (χ3v) is 4.42. The van der Waals surface area contributed by atoms with Gasteiger partial charge in [0.15, 0.2) is 5.82 Å². The summed E-state index contributed by atoms with van der Waals surface area (Å²) >= 11 is 3.51. The Morgan fingerprint density at radius 3 is 1.63 bits per heavy atom. The molecule has 0 amide bonds. The summed E-state index contributed by atoms with van der Waals surface area (Å²) < 4.78 is 0.781. The van der Waals surface area contributed by atoms with Crippen LogP contribution in [0, 0.1) is 0 Å². The van der Waals surface area contributed by atoms with Gasteiger partial charge in [-0.05, 0) is 33.1 Å². The SMILES string of the molecule is Brc1cc(-c2ccc(-c3ccccc3)cc2)nc(-c2ccccc2)n1.CC. The molecule has 0 bridgehead atoms. The summed E-state index contributed by atoms with van der Waals surface area (Å²) in [5.41, 5.74) is 5.38. The Morgan fingerprint density at radius 2 is 1.04 bits per heavy atom. The number of hydrogen-bond donors (Lipinski definition) is 0. The second-order valence-corrected chi connectivity index (χ2v) is 6.52. The molecule has 0 spiro atoms. The van der Waals surface area contributed by atoms with Crippen LogP contribution < -0.4 is 0 Å². The molecule has 0 fully saturated rings. The molecule has 1 heterocycles. The molecular weight excluding hydrogens is 396 g/mol. The van der Waals surface area contributed by atoms with Gasteiger partial charge in [-0.2, -0.15) is 0 Å². The van der Waals surface area contributed by atoms with Gasteiger partial charge < -0.3 is 0 Å². The van der Waals surface area contributed by atoms with E-state index < -0.39 is 0 Å². The van der Waals surface area contributed by atoms with E-state index in [2.05, 4.69) is 69.4 Å². The summed E-state index contributed by atoms with van der Waals surface area (Å²) in [6.45, 7) is 4.00. The Bertz CT molecular complexity index is 982. The lowest BCUT2D eigenvalue weighted by atomic mass is 10.0. The average Bonchev–Trinajstić information content (AvgIpc) is 2.76. The summed E-state index contributed by atoms with van der Waals surface area (Å²) in [6.07, 6.45) is 0. The maximum Gasteiger partial charge on any atom is 0.161 e. The Balaban J connectivity index is 0.00000102. The van der Waals surface area contributed by atoms with E-state index in [0.717, 1.165) is 27.2 Å². The number of aromatic nitrogens is 2. The summed E-state index contributed by atoms with van der Waals surface area (Å²) in [7, 11) is 0. The van der Waals surface area contributed by atoms with Crippen molar-refractivity contribution in [2.24, 2.45) is 0 Å². The third-order valence-electron chi connectivity index (χ3n) is 4.01. The van der Waals surface area contributed by atoms with Gasteiger partial charge in [-0.3, -0.25) is 0 Å². The minimum atomic E-state index is 0.720. The Morgan fingerprint density at radius 1 is 0.556 bits per heavy atom. The maximum absolute atomic E-state index is 4.74. The molecule has 134 valence electrons. The van der Waals surface area contributed by atoms with E-state index in [9.17, 15) is 0 Å². The molecule has 3 heteroatoms. The van der Waals surface area contributed by atoms with Gasteiger partial charge >= 0.3 is 0 Å². The summed E-state index contributed by atoms with van der Waals surface area (Å²) in [6, 6.07) is 30.8. The zero-order chi connectivity index (χ0) is 19.1. The molecule has 0 N–H and O–H groups in total. The van der Waals surface area contributed by atoms with E-state index in [1.807, 2.05) is 56.3 Å². The van der Waals surface area contributed by atoms with E-state index in [4.69, 9.17) is 4.98 Å². The molecular formula is C24H21BrN2. The summed E-state index contributed by atoms with van der Waals surface area (Å²) in [5, 5.41) is 0. The van der Waals surface area contributed by atoms with Gasteiger partial charge in [-0.25, -0.2) is 9.97 Å². The molecule has 4 aromatic rings. The second kappa shape index (κ2) is 9.24. The van der Waals surface area contributed by atoms with E-state index in [1.54, 1.807) is 0 Å². The third kappa shape index (κ3) is 4.69. The van der Waals surface area contributed by atoms with Crippen LogP contribution in [0.25, 0.3) is 33.8 Å². The summed E-state index contributed by atoms with van der Waals surface area (Å²) in [5.74, 6) is 0.720.